The molecule has 8 heteroatoms. The first-order valence-electron chi connectivity index (χ1n) is 8.93. The fraction of sp³-hybridized carbons (Fsp3) is 0.0909. The first kappa shape index (κ1) is 20.4. The van der Waals surface area contributed by atoms with Crippen molar-refractivity contribution in [3.8, 4) is 6.07 Å². The Kier molecular flexibility index (Phi) is 6.59. The Morgan fingerprint density at radius 2 is 1.60 bits per heavy atom. The molecule has 0 fully saturated rings. The van der Waals surface area contributed by atoms with Crippen LogP contribution in [0.2, 0.25) is 0 Å². The highest BCUT2D eigenvalue weighted by Crippen LogP contribution is 2.13. The number of furan rings is 1. The fourth-order valence-electron chi connectivity index (χ4n) is 2.50. The maximum Gasteiger partial charge on any atom is 0.338 e. The number of benzene rings is 2. The average Bonchev–Trinajstić information content (AvgIpc) is 3.29. The molecule has 0 aliphatic rings. The molecule has 1 aromatic heterocycles. The number of ether oxygens (including phenoxy) is 1. The number of carbonyl (C=O) groups excluding carboxylic acids is 3. The highest BCUT2D eigenvalue weighted by atomic mass is 16.5. The van der Waals surface area contributed by atoms with E-state index in [0.29, 0.717) is 11.4 Å². The van der Waals surface area contributed by atoms with Gasteiger partial charge in [-0.3, -0.25) is 9.59 Å². The van der Waals surface area contributed by atoms with E-state index in [0.717, 1.165) is 5.56 Å². The number of nitrogens with zero attached hydrogens (tertiary/aromatic N) is 1. The van der Waals surface area contributed by atoms with Crippen molar-refractivity contribution in [1.82, 2.24) is 0 Å². The largest absolute Gasteiger partial charge is 0.459 e. The summed E-state index contributed by atoms with van der Waals surface area (Å²) in [7, 11) is 0. The van der Waals surface area contributed by atoms with E-state index < -0.39 is 24.4 Å². The van der Waals surface area contributed by atoms with E-state index >= 15 is 0 Å². The summed E-state index contributed by atoms with van der Waals surface area (Å²) in [6.45, 7) is -0.449. The second-order valence-corrected chi connectivity index (χ2v) is 6.16. The minimum absolute atomic E-state index is 0.171. The van der Waals surface area contributed by atoms with Crippen molar-refractivity contribution in [2.75, 3.05) is 17.2 Å². The quantitative estimate of drug-likeness (QED) is 0.583. The van der Waals surface area contributed by atoms with Crippen LogP contribution in [0.15, 0.2) is 71.3 Å². The van der Waals surface area contributed by atoms with Crippen LogP contribution in [-0.4, -0.2) is 24.4 Å². The second-order valence-electron chi connectivity index (χ2n) is 6.16. The third kappa shape index (κ3) is 5.56. The lowest BCUT2D eigenvalue weighted by Gasteiger charge is -2.08. The number of esters is 1. The van der Waals surface area contributed by atoms with Crippen LogP contribution in [0, 0.1) is 11.3 Å². The van der Waals surface area contributed by atoms with Crippen LogP contribution in [0.25, 0.3) is 0 Å². The zero-order valence-corrected chi connectivity index (χ0v) is 15.8. The minimum Gasteiger partial charge on any atom is -0.459 e. The van der Waals surface area contributed by atoms with E-state index in [9.17, 15) is 14.4 Å². The monoisotopic (exact) mass is 403 g/mol. The Bertz CT molecular complexity index is 1070. The Morgan fingerprint density at radius 3 is 2.23 bits per heavy atom. The Labute approximate surface area is 172 Å². The third-order valence-electron chi connectivity index (χ3n) is 3.98. The molecule has 0 saturated heterocycles. The van der Waals surface area contributed by atoms with Crippen molar-refractivity contribution in [3.05, 3.63) is 83.8 Å². The molecule has 2 N–H and O–H groups in total. The van der Waals surface area contributed by atoms with E-state index in [-0.39, 0.29) is 17.7 Å². The van der Waals surface area contributed by atoms with Crippen molar-refractivity contribution in [3.63, 3.8) is 0 Å². The van der Waals surface area contributed by atoms with Crippen molar-refractivity contribution in [1.29, 1.82) is 5.26 Å². The van der Waals surface area contributed by atoms with Crippen LogP contribution in [0.5, 0.6) is 0 Å². The molecule has 0 saturated carbocycles. The van der Waals surface area contributed by atoms with Crippen LogP contribution < -0.4 is 10.6 Å². The van der Waals surface area contributed by atoms with Gasteiger partial charge in [0.15, 0.2) is 12.4 Å². The summed E-state index contributed by atoms with van der Waals surface area (Å²) in [6, 6.07) is 18.0. The molecule has 3 aromatic rings. The molecule has 0 atom stereocenters. The smallest absolute Gasteiger partial charge is 0.338 e. The van der Waals surface area contributed by atoms with Gasteiger partial charge >= 0.3 is 5.97 Å². The van der Waals surface area contributed by atoms with Gasteiger partial charge in [-0.15, -0.1) is 0 Å². The normalized spacial score (nSPS) is 9.97. The number of hydrogen-bond donors (Lipinski definition) is 2. The second kappa shape index (κ2) is 9.71. The van der Waals surface area contributed by atoms with Crippen molar-refractivity contribution in [2.45, 2.75) is 6.42 Å². The molecule has 1 heterocycles. The third-order valence-corrected chi connectivity index (χ3v) is 3.98. The van der Waals surface area contributed by atoms with Gasteiger partial charge in [-0.2, -0.15) is 5.26 Å². The summed E-state index contributed by atoms with van der Waals surface area (Å²) in [4.78, 5) is 36.0. The highest BCUT2D eigenvalue weighted by Gasteiger charge is 2.12. The lowest BCUT2D eigenvalue weighted by molar-refractivity contribution is -0.119. The molecule has 0 radical (unpaired) electrons. The van der Waals surface area contributed by atoms with Gasteiger partial charge in [0.2, 0.25) is 0 Å². The van der Waals surface area contributed by atoms with Gasteiger partial charge in [-0.1, -0.05) is 12.1 Å². The molecule has 0 unspecified atom stereocenters. The fourth-order valence-corrected chi connectivity index (χ4v) is 2.50. The number of amides is 2. The lowest BCUT2D eigenvalue weighted by atomic mass is 10.1. The average molecular weight is 403 g/mol. The maximum atomic E-state index is 12.1. The summed E-state index contributed by atoms with van der Waals surface area (Å²) >= 11 is 0. The molecule has 0 aliphatic heterocycles. The van der Waals surface area contributed by atoms with Crippen molar-refractivity contribution < 1.29 is 23.5 Å². The van der Waals surface area contributed by atoms with Gasteiger partial charge in [0.1, 0.15) is 0 Å². The summed E-state index contributed by atoms with van der Waals surface area (Å²) in [5.74, 6) is -1.39. The van der Waals surface area contributed by atoms with Gasteiger partial charge in [0, 0.05) is 11.4 Å². The molecule has 3 rings (SSSR count). The number of rotatable bonds is 7. The van der Waals surface area contributed by atoms with Gasteiger partial charge in [-0.25, -0.2) is 4.79 Å². The molecule has 0 aliphatic carbocycles. The van der Waals surface area contributed by atoms with Crippen LogP contribution in [-0.2, 0) is 16.0 Å². The van der Waals surface area contributed by atoms with Gasteiger partial charge in [0.25, 0.3) is 11.8 Å². The summed E-state index contributed by atoms with van der Waals surface area (Å²) in [6.07, 6.45) is 1.69. The molecular weight excluding hydrogens is 386 g/mol. The molecule has 0 bridgehead atoms. The first-order chi connectivity index (χ1) is 14.5. The number of nitrogens with one attached hydrogen (secondary N) is 2. The minimum atomic E-state index is -0.668. The Morgan fingerprint density at radius 1 is 0.933 bits per heavy atom. The lowest BCUT2D eigenvalue weighted by Crippen LogP contribution is -2.21. The van der Waals surface area contributed by atoms with E-state index in [1.807, 2.05) is 6.07 Å². The van der Waals surface area contributed by atoms with Crippen LogP contribution in [0.1, 0.15) is 26.5 Å². The highest BCUT2D eigenvalue weighted by molar-refractivity contribution is 6.02. The number of carbonyl (C=O) groups is 3. The van der Waals surface area contributed by atoms with Gasteiger partial charge in [0.05, 0.1) is 24.3 Å². The number of nitriles is 1. The number of anilines is 2. The Hall–Kier alpha value is -4.38. The topological polar surface area (TPSA) is 121 Å². The molecule has 2 amide bonds. The summed E-state index contributed by atoms with van der Waals surface area (Å²) < 4.78 is 10.0. The first-order valence-corrected chi connectivity index (χ1v) is 8.93. The summed E-state index contributed by atoms with van der Waals surface area (Å²) in [5.41, 5.74) is 2.09. The van der Waals surface area contributed by atoms with E-state index in [2.05, 4.69) is 10.6 Å². The predicted octanol–water partition coefficient (Wildman–Crippen LogP) is 3.39. The van der Waals surface area contributed by atoms with E-state index in [4.69, 9.17) is 14.4 Å². The predicted molar refractivity (Wildman–Crippen MR) is 108 cm³/mol. The van der Waals surface area contributed by atoms with E-state index in [1.54, 1.807) is 42.5 Å². The maximum absolute atomic E-state index is 12.1. The zero-order chi connectivity index (χ0) is 21.3. The van der Waals surface area contributed by atoms with Crippen molar-refractivity contribution >= 4 is 29.2 Å². The molecule has 30 heavy (non-hydrogen) atoms. The molecule has 0 spiro atoms. The van der Waals surface area contributed by atoms with Gasteiger partial charge in [-0.05, 0) is 54.1 Å². The van der Waals surface area contributed by atoms with Crippen molar-refractivity contribution in [2.24, 2.45) is 0 Å². The molecule has 8 nitrogen and oxygen atoms in total. The van der Waals surface area contributed by atoms with Crippen LogP contribution >= 0.6 is 0 Å². The van der Waals surface area contributed by atoms with Crippen LogP contribution in [0.4, 0.5) is 11.4 Å². The molecule has 150 valence electrons. The molecule has 2 aromatic carbocycles. The van der Waals surface area contributed by atoms with Crippen LogP contribution in [0.3, 0.4) is 0 Å². The number of hydrogen-bond acceptors (Lipinski definition) is 6. The zero-order valence-electron chi connectivity index (χ0n) is 15.8. The Balaban J connectivity index is 1.47. The molecular formula is C22H17N3O5. The van der Waals surface area contributed by atoms with E-state index in [1.165, 1.54) is 24.5 Å². The standard InChI is InChI=1S/C22H17N3O5/c23-12-11-15-3-7-17(8-4-15)24-20(26)14-30-22(28)16-5-9-18(10-6-16)25-21(27)19-2-1-13-29-19/h1-10,13H,11,14H2,(H,24,26)(H,25,27). The SMILES string of the molecule is N#CCc1ccc(NC(=O)COC(=O)c2ccc(NC(=O)c3ccco3)cc2)cc1. The summed E-state index contributed by atoms with van der Waals surface area (Å²) in [5, 5.41) is 13.9. The van der Waals surface area contributed by atoms with Gasteiger partial charge < -0.3 is 19.8 Å².